The third kappa shape index (κ3) is 3.52. The number of rotatable bonds is 6. The van der Waals surface area contributed by atoms with Crippen molar-refractivity contribution < 1.29 is 9.84 Å². The first-order chi connectivity index (χ1) is 9.74. The fraction of sp³-hybridized carbons (Fsp3) is 0.294. The number of hydrogen-bond donors (Lipinski definition) is 2. The number of hydrogen-bond acceptors (Lipinski definition) is 3. The van der Waals surface area contributed by atoms with Gasteiger partial charge in [-0.2, -0.15) is 0 Å². The van der Waals surface area contributed by atoms with Gasteiger partial charge in [-0.1, -0.05) is 37.3 Å². The summed E-state index contributed by atoms with van der Waals surface area (Å²) in [6.45, 7) is 2.80. The van der Waals surface area contributed by atoms with Gasteiger partial charge in [0.1, 0.15) is 11.5 Å². The van der Waals surface area contributed by atoms with E-state index in [1.54, 1.807) is 13.2 Å². The molecular formula is C17H21NO2. The Morgan fingerprint density at radius 2 is 1.80 bits per heavy atom. The van der Waals surface area contributed by atoms with Crippen molar-refractivity contribution in [1.29, 1.82) is 0 Å². The molecule has 2 rings (SSSR count). The Bertz CT molecular complexity index is 537. The number of nitrogens with one attached hydrogen (secondary N) is 1. The van der Waals surface area contributed by atoms with Crippen molar-refractivity contribution in [3.8, 4) is 11.5 Å². The number of phenolic OH excluding ortho intramolecular Hbond substituents is 1. The molecular weight excluding hydrogens is 250 g/mol. The van der Waals surface area contributed by atoms with Crippen LogP contribution in [0.1, 0.15) is 30.5 Å². The molecule has 2 N–H and O–H groups in total. The first-order valence-electron chi connectivity index (χ1n) is 6.88. The first kappa shape index (κ1) is 14.4. The van der Waals surface area contributed by atoms with E-state index in [9.17, 15) is 5.11 Å². The molecule has 0 aromatic heterocycles. The van der Waals surface area contributed by atoms with E-state index in [1.807, 2.05) is 30.3 Å². The van der Waals surface area contributed by atoms with Crippen LogP contribution in [0.5, 0.6) is 11.5 Å². The third-order valence-corrected chi connectivity index (χ3v) is 3.46. The average Bonchev–Trinajstić information content (AvgIpc) is 2.50. The van der Waals surface area contributed by atoms with Crippen LogP contribution in [-0.2, 0) is 6.54 Å². The van der Waals surface area contributed by atoms with Gasteiger partial charge in [-0.25, -0.2) is 0 Å². The second-order valence-corrected chi connectivity index (χ2v) is 4.74. The molecule has 0 spiro atoms. The normalized spacial score (nSPS) is 12.1. The van der Waals surface area contributed by atoms with Gasteiger partial charge in [0.25, 0.3) is 0 Å². The van der Waals surface area contributed by atoms with Crippen LogP contribution in [0.25, 0.3) is 0 Å². The lowest BCUT2D eigenvalue weighted by molar-refractivity contribution is 0.414. The highest BCUT2D eigenvalue weighted by atomic mass is 16.5. The van der Waals surface area contributed by atoms with Crippen LogP contribution in [0.3, 0.4) is 0 Å². The second kappa shape index (κ2) is 6.96. The Balaban J connectivity index is 2.03. The van der Waals surface area contributed by atoms with E-state index in [4.69, 9.17) is 4.74 Å². The largest absolute Gasteiger partial charge is 0.508 e. The molecule has 0 radical (unpaired) electrons. The summed E-state index contributed by atoms with van der Waals surface area (Å²) in [7, 11) is 1.67. The van der Waals surface area contributed by atoms with Gasteiger partial charge in [-0.05, 0) is 30.2 Å². The molecule has 0 saturated carbocycles. The van der Waals surface area contributed by atoms with Crippen molar-refractivity contribution in [1.82, 2.24) is 5.32 Å². The van der Waals surface area contributed by atoms with Crippen molar-refractivity contribution >= 4 is 0 Å². The van der Waals surface area contributed by atoms with E-state index in [1.165, 1.54) is 5.56 Å². The molecule has 3 nitrogen and oxygen atoms in total. The highest BCUT2D eigenvalue weighted by molar-refractivity contribution is 5.32. The topological polar surface area (TPSA) is 41.5 Å². The van der Waals surface area contributed by atoms with Crippen molar-refractivity contribution in [2.75, 3.05) is 7.11 Å². The van der Waals surface area contributed by atoms with Crippen LogP contribution < -0.4 is 10.1 Å². The lowest BCUT2D eigenvalue weighted by Crippen LogP contribution is -2.20. The molecule has 0 heterocycles. The molecule has 0 saturated heterocycles. The number of phenols is 1. The van der Waals surface area contributed by atoms with E-state index < -0.39 is 0 Å². The Labute approximate surface area is 120 Å². The predicted molar refractivity (Wildman–Crippen MR) is 81.0 cm³/mol. The summed E-state index contributed by atoms with van der Waals surface area (Å²) < 4.78 is 5.17. The summed E-state index contributed by atoms with van der Waals surface area (Å²) in [6.07, 6.45) is 0.986. The molecule has 0 amide bonds. The number of benzene rings is 2. The molecule has 0 aliphatic heterocycles. The number of para-hydroxylation sites is 1. The zero-order valence-electron chi connectivity index (χ0n) is 12.0. The van der Waals surface area contributed by atoms with Crippen LogP contribution in [0.4, 0.5) is 0 Å². The van der Waals surface area contributed by atoms with Gasteiger partial charge in [0.15, 0.2) is 0 Å². The summed E-state index contributed by atoms with van der Waals surface area (Å²) in [5.74, 6) is 1.20. The summed E-state index contributed by atoms with van der Waals surface area (Å²) in [4.78, 5) is 0. The van der Waals surface area contributed by atoms with E-state index >= 15 is 0 Å². The van der Waals surface area contributed by atoms with E-state index in [0.29, 0.717) is 12.3 Å². The Kier molecular flexibility index (Phi) is 5.02. The van der Waals surface area contributed by atoms with Crippen LogP contribution in [0, 0.1) is 0 Å². The Morgan fingerprint density at radius 1 is 1.10 bits per heavy atom. The van der Waals surface area contributed by atoms with Gasteiger partial charge in [0.2, 0.25) is 0 Å². The fourth-order valence-corrected chi connectivity index (χ4v) is 2.23. The minimum atomic E-state index is 0.264. The predicted octanol–water partition coefficient (Wildman–Crippen LogP) is 3.64. The minimum absolute atomic E-state index is 0.264. The van der Waals surface area contributed by atoms with Crippen molar-refractivity contribution in [3.63, 3.8) is 0 Å². The van der Waals surface area contributed by atoms with Crippen LogP contribution in [0.15, 0.2) is 48.5 Å². The third-order valence-electron chi connectivity index (χ3n) is 3.46. The highest BCUT2D eigenvalue weighted by Gasteiger charge is 2.09. The highest BCUT2D eigenvalue weighted by Crippen LogP contribution is 2.22. The van der Waals surface area contributed by atoms with Gasteiger partial charge >= 0.3 is 0 Å². The monoisotopic (exact) mass is 271 g/mol. The van der Waals surface area contributed by atoms with Gasteiger partial charge in [0.05, 0.1) is 7.11 Å². The molecule has 2 aromatic rings. The van der Waals surface area contributed by atoms with Gasteiger partial charge in [0, 0.05) is 18.2 Å². The number of aromatic hydroxyl groups is 1. The lowest BCUT2D eigenvalue weighted by atomic mass is 10.0. The van der Waals surface area contributed by atoms with E-state index in [-0.39, 0.29) is 6.04 Å². The smallest absolute Gasteiger partial charge is 0.120 e. The van der Waals surface area contributed by atoms with Crippen molar-refractivity contribution in [2.24, 2.45) is 0 Å². The SMILES string of the molecule is CCC(NCc1ccccc1O)c1ccc(OC)cc1. The lowest BCUT2D eigenvalue weighted by Gasteiger charge is -2.18. The van der Waals surface area contributed by atoms with Gasteiger partial charge < -0.3 is 15.2 Å². The maximum atomic E-state index is 9.78. The fourth-order valence-electron chi connectivity index (χ4n) is 2.23. The summed E-state index contributed by atoms with van der Waals surface area (Å²) in [6, 6.07) is 15.8. The van der Waals surface area contributed by atoms with Gasteiger partial charge in [-0.15, -0.1) is 0 Å². The van der Waals surface area contributed by atoms with E-state index in [0.717, 1.165) is 17.7 Å². The van der Waals surface area contributed by atoms with Gasteiger partial charge in [-0.3, -0.25) is 0 Å². The Hall–Kier alpha value is -2.00. The molecule has 0 bridgehead atoms. The average molecular weight is 271 g/mol. The molecule has 0 aliphatic rings. The molecule has 0 fully saturated rings. The standard InChI is InChI=1S/C17H21NO2/c1-3-16(13-8-10-15(20-2)11-9-13)18-12-14-6-4-5-7-17(14)19/h4-11,16,18-19H,3,12H2,1-2H3. The Morgan fingerprint density at radius 3 is 2.40 bits per heavy atom. The van der Waals surface area contributed by atoms with Crippen LogP contribution in [0.2, 0.25) is 0 Å². The molecule has 106 valence electrons. The zero-order valence-corrected chi connectivity index (χ0v) is 12.0. The van der Waals surface area contributed by atoms with Crippen LogP contribution >= 0.6 is 0 Å². The molecule has 1 atom stereocenters. The number of ether oxygens (including phenoxy) is 1. The van der Waals surface area contributed by atoms with Crippen molar-refractivity contribution in [2.45, 2.75) is 25.9 Å². The summed E-state index contributed by atoms with van der Waals surface area (Å²) in [5.41, 5.74) is 2.14. The minimum Gasteiger partial charge on any atom is -0.508 e. The van der Waals surface area contributed by atoms with Crippen molar-refractivity contribution in [3.05, 3.63) is 59.7 Å². The molecule has 20 heavy (non-hydrogen) atoms. The molecule has 0 aliphatic carbocycles. The maximum absolute atomic E-state index is 9.78. The van der Waals surface area contributed by atoms with Crippen LogP contribution in [-0.4, -0.2) is 12.2 Å². The summed E-state index contributed by atoms with van der Waals surface area (Å²) >= 11 is 0. The number of methoxy groups -OCH3 is 1. The maximum Gasteiger partial charge on any atom is 0.120 e. The second-order valence-electron chi connectivity index (χ2n) is 4.74. The van der Waals surface area contributed by atoms with E-state index in [2.05, 4.69) is 24.4 Å². The quantitative estimate of drug-likeness (QED) is 0.842. The summed E-state index contributed by atoms with van der Waals surface area (Å²) in [5, 5.41) is 13.3. The molecule has 2 aromatic carbocycles. The molecule has 1 unspecified atom stereocenters. The first-order valence-corrected chi connectivity index (χ1v) is 6.88. The zero-order chi connectivity index (χ0) is 14.4. The molecule has 3 heteroatoms.